The predicted molar refractivity (Wildman–Crippen MR) is 118 cm³/mol. The second kappa shape index (κ2) is 9.05. The highest BCUT2D eigenvalue weighted by Crippen LogP contribution is 2.25. The Morgan fingerprint density at radius 1 is 1.03 bits per heavy atom. The molecule has 0 radical (unpaired) electrons. The average Bonchev–Trinajstić information content (AvgIpc) is 2.77. The van der Waals surface area contributed by atoms with E-state index in [0.29, 0.717) is 10.9 Å². The first kappa shape index (κ1) is 21.9. The Bertz CT molecular complexity index is 1410. The molecule has 0 aliphatic carbocycles. The van der Waals surface area contributed by atoms with E-state index in [4.69, 9.17) is 11.6 Å². The number of aromatic nitrogens is 2. The van der Waals surface area contributed by atoms with Crippen molar-refractivity contribution in [1.82, 2.24) is 9.55 Å². The Hall–Kier alpha value is -3.30. The van der Waals surface area contributed by atoms with Gasteiger partial charge in [0.2, 0.25) is 5.91 Å². The largest absolute Gasteiger partial charge is 0.323 e. The molecule has 0 aliphatic rings. The van der Waals surface area contributed by atoms with Gasteiger partial charge in [0.25, 0.3) is 5.56 Å². The zero-order chi connectivity index (χ0) is 22.8. The fourth-order valence-electron chi connectivity index (χ4n) is 2.97. The van der Waals surface area contributed by atoms with Crippen LogP contribution in [-0.2, 0) is 4.79 Å². The van der Waals surface area contributed by atoms with Crippen molar-refractivity contribution >= 4 is 45.9 Å². The molecule has 0 saturated carbocycles. The molecule has 0 aliphatic heterocycles. The number of halogens is 4. The van der Waals surface area contributed by atoms with Gasteiger partial charge in [0, 0.05) is 6.07 Å². The summed E-state index contributed by atoms with van der Waals surface area (Å²) < 4.78 is 42.0. The molecule has 0 unspecified atom stereocenters. The van der Waals surface area contributed by atoms with Gasteiger partial charge in [-0.2, -0.15) is 0 Å². The Morgan fingerprint density at radius 2 is 1.78 bits per heavy atom. The number of carbonyl (C=O) groups is 1. The van der Waals surface area contributed by atoms with E-state index in [2.05, 4.69) is 10.3 Å². The molecule has 4 aromatic rings. The van der Waals surface area contributed by atoms with Crippen molar-refractivity contribution in [3.8, 4) is 5.69 Å². The molecule has 0 bridgehead atoms. The maximum atomic E-state index is 13.8. The number of nitrogens with one attached hydrogen (secondary N) is 1. The van der Waals surface area contributed by atoms with Gasteiger partial charge >= 0.3 is 0 Å². The molecule has 3 aromatic carbocycles. The van der Waals surface area contributed by atoms with E-state index in [1.165, 1.54) is 16.7 Å². The van der Waals surface area contributed by atoms with Gasteiger partial charge in [-0.1, -0.05) is 35.5 Å². The number of benzene rings is 3. The molecule has 32 heavy (non-hydrogen) atoms. The third-order valence-corrected chi connectivity index (χ3v) is 5.67. The van der Waals surface area contributed by atoms with Gasteiger partial charge in [-0.25, -0.2) is 18.2 Å². The standard InChI is InChI=1S/C22H13ClF3N3O2S/c23-15-10-13(6-8-16(15)25)29-21(31)14-3-1-2-4-18(14)28-22(29)32-11-20(30)27-19-9-12(24)5-7-17(19)26/h1-10H,11H2,(H,27,30). The Balaban J connectivity index is 1.69. The number of nitrogens with zero attached hydrogens (tertiary/aromatic N) is 2. The second-order valence-electron chi connectivity index (χ2n) is 6.61. The van der Waals surface area contributed by atoms with E-state index in [9.17, 15) is 22.8 Å². The number of thioether (sulfide) groups is 1. The van der Waals surface area contributed by atoms with E-state index >= 15 is 0 Å². The normalized spacial score (nSPS) is 11.0. The third-order valence-electron chi connectivity index (χ3n) is 4.44. The molecule has 0 spiro atoms. The van der Waals surface area contributed by atoms with Gasteiger partial charge in [-0.3, -0.25) is 14.2 Å². The molecule has 0 atom stereocenters. The zero-order valence-corrected chi connectivity index (χ0v) is 17.7. The molecule has 1 heterocycles. The van der Waals surface area contributed by atoms with Crippen molar-refractivity contribution in [3.63, 3.8) is 0 Å². The van der Waals surface area contributed by atoms with Crippen LogP contribution < -0.4 is 10.9 Å². The van der Waals surface area contributed by atoms with Crippen molar-refractivity contribution in [2.75, 3.05) is 11.1 Å². The van der Waals surface area contributed by atoms with Crippen LogP contribution in [0.25, 0.3) is 16.6 Å². The lowest BCUT2D eigenvalue weighted by Gasteiger charge is -2.14. The van der Waals surface area contributed by atoms with E-state index in [1.54, 1.807) is 24.3 Å². The highest BCUT2D eigenvalue weighted by Gasteiger charge is 2.16. The number of amides is 1. The summed E-state index contributed by atoms with van der Waals surface area (Å²) in [6.07, 6.45) is 0. The number of rotatable bonds is 5. The molecule has 4 rings (SSSR count). The van der Waals surface area contributed by atoms with E-state index in [0.717, 1.165) is 36.0 Å². The topological polar surface area (TPSA) is 64.0 Å². The van der Waals surface area contributed by atoms with Crippen molar-refractivity contribution < 1.29 is 18.0 Å². The molecular formula is C22H13ClF3N3O2S. The van der Waals surface area contributed by atoms with Crippen molar-refractivity contribution in [3.05, 3.63) is 93.5 Å². The lowest BCUT2D eigenvalue weighted by molar-refractivity contribution is -0.113. The highest BCUT2D eigenvalue weighted by atomic mass is 35.5. The van der Waals surface area contributed by atoms with Crippen molar-refractivity contribution in [1.29, 1.82) is 0 Å². The minimum Gasteiger partial charge on any atom is -0.323 e. The lowest BCUT2D eigenvalue weighted by atomic mass is 10.2. The summed E-state index contributed by atoms with van der Waals surface area (Å²) in [6, 6.07) is 13.1. The maximum Gasteiger partial charge on any atom is 0.266 e. The molecule has 0 saturated heterocycles. The predicted octanol–water partition coefficient (Wildman–Crippen LogP) is 5.19. The Kier molecular flexibility index (Phi) is 6.20. The van der Waals surface area contributed by atoms with E-state index in [-0.39, 0.29) is 27.3 Å². The van der Waals surface area contributed by atoms with E-state index in [1.807, 2.05) is 0 Å². The van der Waals surface area contributed by atoms with Crippen LogP contribution in [0.5, 0.6) is 0 Å². The molecule has 1 N–H and O–H groups in total. The molecule has 1 amide bonds. The Labute approximate surface area is 188 Å². The second-order valence-corrected chi connectivity index (χ2v) is 7.96. The molecule has 162 valence electrons. The van der Waals surface area contributed by atoms with E-state index < -0.39 is 28.9 Å². The zero-order valence-electron chi connectivity index (χ0n) is 16.1. The van der Waals surface area contributed by atoms with Gasteiger partial charge in [-0.05, 0) is 42.5 Å². The van der Waals surface area contributed by atoms with Gasteiger partial charge in [0.1, 0.15) is 17.5 Å². The van der Waals surface area contributed by atoms with Crippen molar-refractivity contribution in [2.45, 2.75) is 5.16 Å². The number of carbonyl (C=O) groups excluding carboxylic acids is 1. The SMILES string of the molecule is O=C(CSc1nc2ccccc2c(=O)n1-c1ccc(F)c(Cl)c1)Nc1cc(F)ccc1F. The molecule has 0 fully saturated rings. The summed E-state index contributed by atoms with van der Waals surface area (Å²) in [6.45, 7) is 0. The van der Waals surface area contributed by atoms with Crippen LogP contribution in [-0.4, -0.2) is 21.2 Å². The first-order chi connectivity index (χ1) is 15.3. The number of hydrogen-bond acceptors (Lipinski definition) is 4. The fraction of sp³-hybridized carbons (Fsp3) is 0.0455. The molecule has 10 heteroatoms. The fourth-order valence-corrected chi connectivity index (χ4v) is 3.96. The molecule has 1 aromatic heterocycles. The maximum absolute atomic E-state index is 13.8. The summed E-state index contributed by atoms with van der Waals surface area (Å²) >= 11 is 6.79. The number of fused-ring (bicyclic) bond motifs is 1. The van der Waals surface area contributed by atoms with Crippen LogP contribution in [0.15, 0.2) is 70.6 Å². The van der Waals surface area contributed by atoms with Crippen LogP contribution in [0.1, 0.15) is 0 Å². The first-order valence-corrected chi connectivity index (χ1v) is 10.5. The smallest absolute Gasteiger partial charge is 0.266 e. The average molecular weight is 476 g/mol. The van der Waals surface area contributed by atoms with Crippen LogP contribution in [0.4, 0.5) is 18.9 Å². The monoisotopic (exact) mass is 475 g/mol. The van der Waals surface area contributed by atoms with Crippen LogP contribution >= 0.6 is 23.4 Å². The summed E-state index contributed by atoms with van der Waals surface area (Å²) in [5.41, 5.74) is -0.0677. The van der Waals surface area contributed by atoms with Crippen LogP contribution in [0.3, 0.4) is 0 Å². The minimum atomic E-state index is -0.786. The summed E-state index contributed by atoms with van der Waals surface area (Å²) in [7, 11) is 0. The summed E-state index contributed by atoms with van der Waals surface area (Å²) in [4.78, 5) is 29.9. The summed E-state index contributed by atoms with van der Waals surface area (Å²) in [5.74, 6) is -3.03. The first-order valence-electron chi connectivity index (χ1n) is 9.18. The van der Waals surface area contributed by atoms with Crippen molar-refractivity contribution in [2.24, 2.45) is 0 Å². The summed E-state index contributed by atoms with van der Waals surface area (Å²) in [5, 5.41) is 2.57. The third kappa shape index (κ3) is 4.49. The minimum absolute atomic E-state index is 0.145. The Morgan fingerprint density at radius 3 is 2.56 bits per heavy atom. The molecular weight excluding hydrogens is 463 g/mol. The lowest BCUT2D eigenvalue weighted by Crippen LogP contribution is -2.23. The highest BCUT2D eigenvalue weighted by molar-refractivity contribution is 7.99. The van der Waals surface area contributed by atoms with Gasteiger partial charge in [0.15, 0.2) is 5.16 Å². The number of anilines is 1. The van der Waals surface area contributed by atoms with Crippen LogP contribution in [0.2, 0.25) is 5.02 Å². The number of para-hydroxylation sites is 1. The van der Waals surface area contributed by atoms with Crippen LogP contribution in [0, 0.1) is 17.5 Å². The molecule has 5 nitrogen and oxygen atoms in total. The quantitative estimate of drug-likeness (QED) is 0.319. The van der Waals surface area contributed by atoms with Gasteiger partial charge in [0.05, 0.1) is 33.1 Å². The van der Waals surface area contributed by atoms with Gasteiger partial charge in [-0.15, -0.1) is 0 Å². The number of hydrogen-bond donors (Lipinski definition) is 1. The van der Waals surface area contributed by atoms with Gasteiger partial charge < -0.3 is 5.32 Å².